The molecule has 1 aliphatic heterocycles. The standard InChI is InChI=1S/C14H17NO4S/c15-11-12-1-3-14(4-2-12)20(16,17)10-9-19-13-5-7-18-8-6-13/h1-4,13H,5-10H2. The van der Waals surface area contributed by atoms with Gasteiger partial charge in [-0.15, -0.1) is 0 Å². The molecule has 5 nitrogen and oxygen atoms in total. The molecule has 0 N–H and O–H groups in total. The molecule has 20 heavy (non-hydrogen) atoms. The number of sulfone groups is 1. The molecule has 108 valence electrons. The Kier molecular flexibility index (Phi) is 5.12. The Balaban J connectivity index is 1.88. The van der Waals surface area contributed by atoms with Crippen LogP contribution in [-0.2, 0) is 19.3 Å². The van der Waals surface area contributed by atoms with Gasteiger partial charge in [0.25, 0.3) is 0 Å². The zero-order valence-corrected chi connectivity index (χ0v) is 11.9. The second-order valence-electron chi connectivity index (χ2n) is 4.64. The number of ether oxygens (including phenoxy) is 2. The number of hydrogen-bond donors (Lipinski definition) is 0. The van der Waals surface area contributed by atoms with E-state index < -0.39 is 9.84 Å². The lowest BCUT2D eigenvalue weighted by molar-refractivity contribution is -0.0266. The molecule has 0 atom stereocenters. The smallest absolute Gasteiger partial charge is 0.180 e. The lowest BCUT2D eigenvalue weighted by atomic mass is 10.2. The number of nitrogens with zero attached hydrogens (tertiary/aromatic N) is 1. The van der Waals surface area contributed by atoms with Crippen molar-refractivity contribution in [2.24, 2.45) is 0 Å². The molecule has 0 unspecified atom stereocenters. The van der Waals surface area contributed by atoms with Gasteiger partial charge in [0.2, 0.25) is 0 Å². The van der Waals surface area contributed by atoms with Gasteiger partial charge in [-0.3, -0.25) is 0 Å². The Morgan fingerprint density at radius 1 is 1.25 bits per heavy atom. The topological polar surface area (TPSA) is 76.4 Å². The summed E-state index contributed by atoms with van der Waals surface area (Å²) in [5, 5.41) is 8.69. The molecule has 0 amide bonds. The highest BCUT2D eigenvalue weighted by molar-refractivity contribution is 7.91. The van der Waals surface area contributed by atoms with Crippen molar-refractivity contribution in [2.75, 3.05) is 25.6 Å². The van der Waals surface area contributed by atoms with Crippen molar-refractivity contribution in [2.45, 2.75) is 23.8 Å². The summed E-state index contributed by atoms with van der Waals surface area (Å²) in [6, 6.07) is 7.89. The average Bonchev–Trinajstić information content (AvgIpc) is 2.48. The van der Waals surface area contributed by atoms with Crippen LogP contribution in [0.5, 0.6) is 0 Å². The number of benzene rings is 1. The first-order chi connectivity index (χ1) is 9.62. The third-order valence-electron chi connectivity index (χ3n) is 3.22. The van der Waals surface area contributed by atoms with Crippen molar-refractivity contribution in [1.82, 2.24) is 0 Å². The van der Waals surface area contributed by atoms with E-state index in [9.17, 15) is 8.42 Å². The third-order valence-corrected chi connectivity index (χ3v) is 4.91. The summed E-state index contributed by atoms with van der Waals surface area (Å²) in [6.45, 7) is 1.53. The minimum absolute atomic E-state index is 0.0454. The van der Waals surface area contributed by atoms with Gasteiger partial charge in [-0.2, -0.15) is 5.26 Å². The van der Waals surface area contributed by atoms with Gasteiger partial charge < -0.3 is 9.47 Å². The molecule has 2 rings (SSSR count). The van der Waals surface area contributed by atoms with Gasteiger partial charge in [-0.05, 0) is 37.1 Å². The molecule has 6 heteroatoms. The van der Waals surface area contributed by atoms with Crippen molar-refractivity contribution >= 4 is 9.84 Å². The fourth-order valence-corrected chi connectivity index (χ4v) is 3.12. The minimum Gasteiger partial charge on any atom is -0.381 e. The van der Waals surface area contributed by atoms with Crippen LogP contribution in [0, 0.1) is 11.3 Å². The van der Waals surface area contributed by atoms with E-state index >= 15 is 0 Å². The molecular formula is C14H17NO4S. The molecule has 0 spiro atoms. The van der Waals surface area contributed by atoms with Crippen LogP contribution in [0.15, 0.2) is 29.2 Å². The average molecular weight is 295 g/mol. The van der Waals surface area contributed by atoms with E-state index in [1.54, 1.807) is 0 Å². The van der Waals surface area contributed by atoms with Gasteiger partial charge in [0, 0.05) is 13.2 Å². The van der Waals surface area contributed by atoms with Crippen molar-refractivity contribution in [3.8, 4) is 6.07 Å². The first-order valence-corrected chi connectivity index (χ1v) is 8.19. The zero-order chi connectivity index (χ0) is 14.4. The lowest BCUT2D eigenvalue weighted by Gasteiger charge is -2.22. The molecule has 1 fully saturated rings. The summed E-state index contributed by atoms with van der Waals surface area (Å²) in [6.07, 6.45) is 1.73. The summed E-state index contributed by atoms with van der Waals surface area (Å²) in [5.74, 6) is -0.0454. The van der Waals surface area contributed by atoms with Gasteiger partial charge in [0.15, 0.2) is 9.84 Å². The first kappa shape index (κ1) is 15.0. The van der Waals surface area contributed by atoms with Gasteiger partial charge in [-0.25, -0.2) is 8.42 Å². The molecule has 0 radical (unpaired) electrons. The normalized spacial score (nSPS) is 16.8. The molecule has 0 saturated carbocycles. The number of hydrogen-bond acceptors (Lipinski definition) is 5. The SMILES string of the molecule is N#Cc1ccc(S(=O)(=O)CCOC2CCOCC2)cc1. The van der Waals surface area contributed by atoms with E-state index in [0.717, 1.165) is 12.8 Å². The first-order valence-electron chi connectivity index (χ1n) is 6.54. The molecule has 0 aromatic heterocycles. The molecule has 1 saturated heterocycles. The lowest BCUT2D eigenvalue weighted by Crippen LogP contribution is -2.25. The molecule has 1 aliphatic rings. The number of rotatable bonds is 5. The maximum absolute atomic E-state index is 12.1. The minimum atomic E-state index is -3.35. The Labute approximate surface area is 119 Å². The second kappa shape index (κ2) is 6.84. The molecule has 0 bridgehead atoms. The van der Waals surface area contributed by atoms with E-state index in [-0.39, 0.29) is 23.4 Å². The monoisotopic (exact) mass is 295 g/mol. The zero-order valence-electron chi connectivity index (χ0n) is 11.1. The number of nitriles is 1. The van der Waals surface area contributed by atoms with Crippen molar-refractivity contribution < 1.29 is 17.9 Å². The van der Waals surface area contributed by atoms with E-state index in [1.807, 2.05) is 6.07 Å². The Morgan fingerprint density at radius 3 is 2.50 bits per heavy atom. The van der Waals surface area contributed by atoms with E-state index in [2.05, 4.69) is 0 Å². The van der Waals surface area contributed by atoms with Gasteiger partial charge in [0.1, 0.15) is 0 Å². The van der Waals surface area contributed by atoms with Gasteiger partial charge in [-0.1, -0.05) is 0 Å². The molecule has 1 aromatic rings. The molecule has 1 aromatic carbocycles. The predicted octanol–water partition coefficient (Wildman–Crippen LogP) is 1.53. The van der Waals surface area contributed by atoms with Gasteiger partial charge in [0.05, 0.1) is 35.0 Å². The summed E-state index contributed by atoms with van der Waals surface area (Å²) in [4.78, 5) is 0.229. The quantitative estimate of drug-likeness (QED) is 0.823. The van der Waals surface area contributed by atoms with Crippen LogP contribution in [0.25, 0.3) is 0 Å². The van der Waals surface area contributed by atoms with Gasteiger partial charge >= 0.3 is 0 Å². The summed E-state index contributed by atoms with van der Waals surface area (Å²) in [7, 11) is -3.35. The maximum Gasteiger partial charge on any atom is 0.180 e. The van der Waals surface area contributed by atoms with Crippen LogP contribution >= 0.6 is 0 Å². The van der Waals surface area contributed by atoms with Crippen molar-refractivity contribution in [1.29, 1.82) is 5.26 Å². The fourth-order valence-electron chi connectivity index (χ4n) is 2.02. The highest BCUT2D eigenvalue weighted by atomic mass is 32.2. The summed E-state index contributed by atoms with van der Waals surface area (Å²) < 4.78 is 35.0. The highest BCUT2D eigenvalue weighted by Crippen LogP contribution is 2.14. The fraction of sp³-hybridized carbons (Fsp3) is 0.500. The molecule has 0 aliphatic carbocycles. The second-order valence-corrected chi connectivity index (χ2v) is 6.75. The van der Waals surface area contributed by atoms with E-state index in [0.29, 0.717) is 18.8 Å². The summed E-state index contributed by atoms with van der Waals surface area (Å²) >= 11 is 0. The van der Waals surface area contributed by atoms with Crippen LogP contribution < -0.4 is 0 Å². The Hall–Kier alpha value is -1.42. The van der Waals surface area contributed by atoms with Crippen LogP contribution in [0.3, 0.4) is 0 Å². The predicted molar refractivity (Wildman–Crippen MR) is 73.0 cm³/mol. The molecule has 1 heterocycles. The third kappa shape index (κ3) is 4.04. The molecular weight excluding hydrogens is 278 g/mol. The highest BCUT2D eigenvalue weighted by Gasteiger charge is 2.18. The van der Waals surface area contributed by atoms with Crippen molar-refractivity contribution in [3.05, 3.63) is 29.8 Å². The van der Waals surface area contributed by atoms with E-state index in [4.69, 9.17) is 14.7 Å². The maximum atomic E-state index is 12.1. The van der Waals surface area contributed by atoms with Crippen LogP contribution in [0.1, 0.15) is 18.4 Å². The van der Waals surface area contributed by atoms with Crippen LogP contribution in [-0.4, -0.2) is 40.1 Å². The van der Waals surface area contributed by atoms with E-state index in [1.165, 1.54) is 24.3 Å². The summed E-state index contributed by atoms with van der Waals surface area (Å²) in [5.41, 5.74) is 0.447. The Morgan fingerprint density at radius 2 is 1.90 bits per heavy atom. The largest absolute Gasteiger partial charge is 0.381 e. The van der Waals surface area contributed by atoms with Crippen molar-refractivity contribution in [3.63, 3.8) is 0 Å². The van der Waals surface area contributed by atoms with Crippen LogP contribution in [0.2, 0.25) is 0 Å². The Bertz CT molecular complexity index is 568. The van der Waals surface area contributed by atoms with Crippen LogP contribution in [0.4, 0.5) is 0 Å².